The van der Waals surface area contributed by atoms with Gasteiger partial charge in [0.25, 0.3) is 10.0 Å². The van der Waals surface area contributed by atoms with Crippen molar-refractivity contribution in [2.75, 3.05) is 33.0 Å². The molecule has 2 rings (SSSR count). The minimum absolute atomic E-state index is 0.0332. The average Bonchev–Trinajstić information content (AvgIpc) is 2.44. The van der Waals surface area contributed by atoms with Crippen molar-refractivity contribution < 1.29 is 22.6 Å². The van der Waals surface area contributed by atoms with E-state index in [2.05, 4.69) is 4.40 Å². The molecule has 7 nitrogen and oxygen atoms in total. The maximum absolute atomic E-state index is 11.6. The summed E-state index contributed by atoms with van der Waals surface area (Å²) in [6, 6.07) is 5.18. The number of hydrogen-bond donors (Lipinski definition) is 1. The van der Waals surface area contributed by atoms with Gasteiger partial charge in [-0.05, 0) is 18.6 Å². The molecule has 1 aromatic carbocycles. The van der Waals surface area contributed by atoms with Crippen molar-refractivity contribution in [2.24, 2.45) is 10.1 Å². The lowest BCUT2D eigenvalue weighted by Gasteiger charge is -2.18. The van der Waals surface area contributed by atoms with Gasteiger partial charge in [-0.25, -0.2) is 8.42 Å². The SMILES string of the molecule is CCOCCOCCOc1cccc2c1C(N)=NS(=O)(=O)C2. The number of benzene rings is 1. The summed E-state index contributed by atoms with van der Waals surface area (Å²) in [5, 5.41) is 0. The molecule has 1 heterocycles. The standard InChI is InChI=1S/C14H20N2O5S/c1-2-19-6-7-20-8-9-21-12-5-3-4-11-10-22(17,18)16-14(15)13(11)12/h3-5H,2,6-10H2,1H3,(H2,15,16). The average molecular weight is 328 g/mol. The molecule has 1 aromatic rings. The molecular formula is C14H20N2O5S. The number of nitrogens with two attached hydrogens (primary N) is 1. The first-order valence-electron chi connectivity index (χ1n) is 7.02. The Morgan fingerprint density at radius 2 is 1.91 bits per heavy atom. The van der Waals surface area contributed by atoms with E-state index in [0.29, 0.717) is 49.9 Å². The van der Waals surface area contributed by atoms with Gasteiger partial charge in [-0.3, -0.25) is 0 Å². The van der Waals surface area contributed by atoms with Gasteiger partial charge >= 0.3 is 0 Å². The molecule has 0 saturated carbocycles. The highest BCUT2D eigenvalue weighted by molar-refractivity contribution is 7.89. The predicted octanol–water partition coefficient (Wildman–Crippen LogP) is 0.667. The molecule has 0 bridgehead atoms. The molecule has 1 aliphatic heterocycles. The summed E-state index contributed by atoms with van der Waals surface area (Å²) in [7, 11) is -3.53. The zero-order valence-corrected chi connectivity index (χ0v) is 13.3. The minimum atomic E-state index is -3.53. The summed E-state index contributed by atoms with van der Waals surface area (Å²) in [5.74, 6) is 0.321. The maximum Gasteiger partial charge on any atom is 0.259 e. The van der Waals surface area contributed by atoms with Gasteiger partial charge in [-0.15, -0.1) is 4.40 Å². The third-order valence-corrected chi connectivity index (χ3v) is 4.16. The van der Waals surface area contributed by atoms with Crippen LogP contribution < -0.4 is 10.5 Å². The first-order chi connectivity index (χ1) is 10.5. The molecule has 0 aliphatic carbocycles. The highest BCUT2D eigenvalue weighted by Gasteiger charge is 2.24. The second kappa shape index (κ2) is 7.57. The van der Waals surface area contributed by atoms with Crippen molar-refractivity contribution in [1.29, 1.82) is 0 Å². The Morgan fingerprint density at radius 3 is 2.68 bits per heavy atom. The molecule has 0 amide bonds. The van der Waals surface area contributed by atoms with Crippen molar-refractivity contribution in [3.05, 3.63) is 29.3 Å². The summed E-state index contributed by atoms with van der Waals surface area (Å²) < 4.78 is 42.8. The van der Waals surface area contributed by atoms with Crippen molar-refractivity contribution in [1.82, 2.24) is 0 Å². The molecule has 0 saturated heterocycles. The highest BCUT2D eigenvalue weighted by atomic mass is 32.2. The van der Waals surface area contributed by atoms with Gasteiger partial charge in [-0.1, -0.05) is 12.1 Å². The fourth-order valence-electron chi connectivity index (χ4n) is 2.11. The third-order valence-electron chi connectivity index (χ3n) is 3.01. The molecule has 0 atom stereocenters. The van der Waals surface area contributed by atoms with Crippen molar-refractivity contribution in [2.45, 2.75) is 12.7 Å². The quantitative estimate of drug-likeness (QED) is 0.704. The van der Waals surface area contributed by atoms with Gasteiger partial charge in [0.15, 0.2) is 0 Å². The van der Waals surface area contributed by atoms with E-state index in [0.717, 1.165) is 0 Å². The molecule has 0 radical (unpaired) electrons. The topological polar surface area (TPSA) is 100 Å². The summed E-state index contributed by atoms with van der Waals surface area (Å²) >= 11 is 0. The minimum Gasteiger partial charge on any atom is -0.490 e. The number of sulfonamides is 1. The van der Waals surface area contributed by atoms with Crippen LogP contribution in [0.4, 0.5) is 0 Å². The lowest BCUT2D eigenvalue weighted by atomic mass is 10.1. The number of fused-ring (bicyclic) bond motifs is 1. The van der Waals surface area contributed by atoms with Crippen LogP contribution >= 0.6 is 0 Å². The zero-order chi connectivity index (χ0) is 16.0. The number of amidine groups is 1. The molecule has 0 fully saturated rings. The summed E-state index contributed by atoms with van der Waals surface area (Å²) in [5.41, 5.74) is 6.90. The molecule has 22 heavy (non-hydrogen) atoms. The molecule has 0 unspecified atom stereocenters. The smallest absolute Gasteiger partial charge is 0.259 e. The van der Waals surface area contributed by atoms with Gasteiger partial charge in [0, 0.05) is 6.61 Å². The lowest BCUT2D eigenvalue weighted by Crippen LogP contribution is -2.25. The van der Waals surface area contributed by atoms with E-state index >= 15 is 0 Å². The second-order valence-electron chi connectivity index (χ2n) is 4.65. The van der Waals surface area contributed by atoms with E-state index in [-0.39, 0.29) is 11.6 Å². The Kier molecular flexibility index (Phi) is 5.76. The Hall–Kier alpha value is -1.64. The van der Waals surface area contributed by atoms with E-state index in [1.165, 1.54) is 0 Å². The number of rotatable bonds is 8. The van der Waals surface area contributed by atoms with Crippen molar-refractivity contribution in [3.8, 4) is 5.75 Å². The second-order valence-corrected chi connectivity index (χ2v) is 6.29. The zero-order valence-electron chi connectivity index (χ0n) is 12.4. The van der Waals surface area contributed by atoms with E-state index in [9.17, 15) is 8.42 Å². The normalized spacial score (nSPS) is 16.0. The van der Waals surface area contributed by atoms with E-state index in [1.807, 2.05) is 6.92 Å². The van der Waals surface area contributed by atoms with Crippen LogP contribution in [0.15, 0.2) is 22.6 Å². The van der Waals surface area contributed by atoms with E-state index in [4.69, 9.17) is 19.9 Å². The molecule has 0 aromatic heterocycles. The van der Waals surface area contributed by atoms with Crippen LogP contribution in [0.25, 0.3) is 0 Å². The maximum atomic E-state index is 11.6. The Morgan fingerprint density at radius 1 is 1.18 bits per heavy atom. The van der Waals surface area contributed by atoms with E-state index < -0.39 is 10.0 Å². The first-order valence-corrected chi connectivity index (χ1v) is 8.63. The molecule has 0 spiro atoms. The van der Waals surface area contributed by atoms with Gasteiger partial charge in [0.1, 0.15) is 18.2 Å². The number of nitrogens with zero attached hydrogens (tertiary/aromatic N) is 1. The lowest BCUT2D eigenvalue weighted by molar-refractivity contribution is 0.0404. The van der Waals surface area contributed by atoms with Crippen molar-refractivity contribution in [3.63, 3.8) is 0 Å². The first kappa shape index (κ1) is 16.7. The fourth-order valence-corrected chi connectivity index (χ4v) is 3.20. The summed E-state index contributed by atoms with van der Waals surface area (Å²) in [6.07, 6.45) is 0. The van der Waals surface area contributed by atoms with Crippen molar-refractivity contribution >= 4 is 15.9 Å². The number of ether oxygens (including phenoxy) is 3. The Labute approximate surface area is 130 Å². The Balaban J connectivity index is 1.94. The van der Waals surface area contributed by atoms with Crippen LogP contribution in [0.3, 0.4) is 0 Å². The molecular weight excluding hydrogens is 308 g/mol. The van der Waals surface area contributed by atoms with Gasteiger partial charge in [-0.2, -0.15) is 0 Å². The van der Waals surface area contributed by atoms with Crippen LogP contribution in [0, 0.1) is 0 Å². The third kappa shape index (κ3) is 4.43. The van der Waals surface area contributed by atoms with Crippen LogP contribution in [-0.2, 0) is 25.2 Å². The van der Waals surface area contributed by atoms with Gasteiger partial charge in [0.05, 0.1) is 31.1 Å². The fraction of sp³-hybridized carbons (Fsp3) is 0.500. The number of hydrogen-bond acceptors (Lipinski definition) is 6. The largest absolute Gasteiger partial charge is 0.490 e. The monoisotopic (exact) mass is 328 g/mol. The molecule has 122 valence electrons. The van der Waals surface area contributed by atoms with Gasteiger partial charge in [0.2, 0.25) is 0 Å². The molecule has 1 aliphatic rings. The van der Waals surface area contributed by atoms with Crippen LogP contribution in [0.5, 0.6) is 5.75 Å². The van der Waals surface area contributed by atoms with Crippen LogP contribution in [0.1, 0.15) is 18.1 Å². The summed E-state index contributed by atoms with van der Waals surface area (Å²) in [4.78, 5) is 0. The Bertz CT molecular complexity index is 643. The predicted molar refractivity (Wildman–Crippen MR) is 82.6 cm³/mol. The van der Waals surface area contributed by atoms with Crippen LogP contribution in [0.2, 0.25) is 0 Å². The van der Waals surface area contributed by atoms with Gasteiger partial charge < -0.3 is 19.9 Å². The highest BCUT2D eigenvalue weighted by Crippen LogP contribution is 2.27. The summed E-state index contributed by atoms with van der Waals surface area (Å²) in [6.45, 7) is 4.39. The molecule has 2 N–H and O–H groups in total. The van der Waals surface area contributed by atoms with E-state index in [1.54, 1.807) is 18.2 Å². The molecule has 8 heteroatoms. The van der Waals surface area contributed by atoms with Crippen LogP contribution in [-0.4, -0.2) is 47.3 Å².